The Bertz CT molecular complexity index is 802. The van der Waals surface area contributed by atoms with E-state index < -0.39 is 11.7 Å². The molecule has 1 amide bonds. The fourth-order valence-electron chi connectivity index (χ4n) is 3.80. The molecule has 0 radical (unpaired) electrons. The molecule has 1 aliphatic heterocycles. The van der Waals surface area contributed by atoms with Gasteiger partial charge in [0.1, 0.15) is 32.7 Å². The van der Waals surface area contributed by atoms with E-state index in [1.807, 2.05) is 37.3 Å². The number of quaternary nitrogens is 2. The van der Waals surface area contributed by atoms with E-state index in [1.165, 1.54) is 21.9 Å². The second-order valence-corrected chi connectivity index (χ2v) is 7.75. The lowest BCUT2D eigenvalue weighted by atomic mass is 10.1. The smallest absolute Gasteiger partial charge is 0.345 e. The minimum atomic E-state index is -4.31. The second kappa shape index (κ2) is 9.41. The van der Waals surface area contributed by atoms with Crippen LogP contribution in [0, 0.1) is 0 Å². The Labute approximate surface area is 169 Å². The molecule has 0 spiro atoms. The van der Waals surface area contributed by atoms with Crippen molar-refractivity contribution in [3.05, 3.63) is 71.3 Å². The number of carbonyl (C=O) groups is 1. The van der Waals surface area contributed by atoms with Gasteiger partial charge in [-0.05, 0) is 24.6 Å². The molecule has 7 heteroatoms. The molecule has 0 bridgehead atoms. The summed E-state index contributed by atoms with van der Waals surface area (Å²) < 4.78 is 38.6. The van der Waals surface area contributed by atoms with Crippen molar-refractivity contribution in [3.63, 3.8) is 0 Å². The molecule has 4 nitrogen and oxygen atoms in total. The van der Waals surface area contributed by atoms with E-state index in [0.717, 1.165) is 37.8 Å². The third-order valence-corrected chi connectivity index (χ3v) is 5.46. The predicted octanol–water partition coefficient (Wildman–Crippen LogP) is 0.866. The highest BCUT2D eigenvalue weighted by Crippen LogP contribution is 2.29. The Hall–Kier alpha value is -2.38. The number of piperazine rings is 1. The number of hydrogen-bond acceptors (Lipinski definition) is 1. The molecule has 3 rings (SSSR count). The molecule has 2 aromatic carbocycles. The Morgan fingerprint density at radius 1 is 1.00 bits per heavy atom. The third-order valence-electron chi connectivity index (χ3n) is 5.46. The van der Waals surface area contributed by atoms with Gasteiger partial charge in [0.25, 0.3) is 5.91 Å². The zero-order valence-corrected chi connectivity index (χ0v) is 16.6. The zero-order valence-electron chi connectivity index (χ0n) is 16.6. The van der Waals surface area contributed by atoms with Crippen molar-refractivity contribution in [3.8, 4) is 0 Å². The van der Waals surface area contributed by atoms with Crippen LogP contribution in [0.4, 0.5) is 13.2 Å². The predicted molar refractivity (Wildman–Crippen MR) is 104 cm³/mol. The topological polar surface area (TPSA) is 38.0 Å². The van der Waals surface area contributed by atoms with Crippen LogP contribution in [0.2, 0.25) is 0 Å². The summed E-state index contributed by atoms with van der Waals surface area (Å²) in [7, 11) is 0. The van der Waals surface area contributed by atoms with E-state index in [4.69, 9.17) is 0 Å². The van der Waals surface area contributed by atoms with Crippen LogP contribution < -0.4 is 15.1 Å². The summed E-state index contributed by atoms with van der Waals surface area (Å²) in [5, 5.41) is 3.04. The molecule has 1 heterocycles. The zero-order chi connectivity index (χ0) is 20.9. The van der Waals surface area contributed by atoms with Gasteiger partial charge in [-0.15, -0.1) is 0 Å². The lowest BCUT2D eigenvalue weighted by Crippen LogP contribution is -3.28. The summed E-state index contributed by atoms with van der Waals surface area (Å²) in [6.07, 6.45) is -4.31. The van der Waals surface area contributed by atoms with Crippen molar-refractivity contribution in [2.75, 3.05) is 32.7 Å². The van der Waals surface area contributed by atoms with Gasteiger partial charge in [-0.2, -0.15) is 13.2 Å². The van der Waals surface area contributed by atoms with Crippen LogP contribution in [0.5, 0.6) is 0 Å². The Morgan fingerprint density at radius 2 is 1.66 bits per heavy atom. The number of carbonyl (C=O) groups excluding carboxylic acids is 1. The number of nitrogens with one attached hydrogen (secondary N) is 3. The van der Waals surface area contributed by atoms with Gasteiger partial charge < -0.3 is 15.1 Å². The molecule has 0 saturated carbocycles. The summed E-state index contributed by atoms with van der Waals surface area (Å²) in [5.74, 6) is 0.0256. The van der Waals surface area contributed by atoms with Gasteiger partial charge in [0.15, 0.2) is 6.54 Å². The van der Waals surface area contributed by atoms with Crippen LogP contribution in [0.3, 0.4) is 0 Å². The van der Waals surface area contributed by atoms with Gasteiger partial charge in [-0.1, -0.05) is 42.5 Å². The molecule has 0 aliphatic carbocycles. The van der Waals surface area contributed by atoms with E-state index >= 15 is 0 Å². The molecule has 1 atom stereocenters. The summed E-state index contributed by atoms with van der Waals surface area (Å²) in [4.78, 5) is 14.8. The number of halogens is 3. The normalized spacial score (nSPS) is 20.8. The van der Waals surface area contributed by atoms with Crippen LogP contribution in [0.25, 0.3) is 0 Å². The number of benzene rings is 2. The van der Waals surface area contributed by atoms with Crippen LogP contribution in [-0.2, 0) is 17.5 Å². The first-order valence-corrected chi connectivity index (χ1v) is 9.99. The van der Waals surface area contributed by atoms with Crippen molar-refractivity contribution in [2.24, 2.45) is 0 Å². The van der Waals surface area contributed by atoms with Crippen LogP contribution in [0.15, 0.2) is 54.6 Å². The summed E-state index contributed by atoms with van der Waals surface area (Å²) in [6.45, 7) is 6.32. The third kappa shape index (κ3) is 6.30. The van der Waals surface area contributed by atoms with Gasteiger partial charge in [0.05, 0.1) is 11.6 Å². The summed E-state index contributed by atoms with van der Waals surface area (Å²) >= 11 is 0. The Kier molecular flexibility index (Phi) is 6.92. The fraction of sp³-hybridized carbons (Fsp3) is 0.409. The quantitative estimate of drug-likeness (QED) is 0.653. The average Bonchev–Trinajstić information content (AvgIpc) is 2.69. The maximum atomic E-state index is 12.9. The number of amides is 1. The van der Waals surface area contributed by atoms with E-state index in [0.29, 0.717) is 18.7 Å². The molecule has 156 valence electrons. The molecule has 0 unspecified atom stereocenters. The maximum absolute atomic E-state index is 12.9. The van der Waals surface area contributed by atoms with E-state index in [2.05, 4.69) is 5.32 Å². The van der Waals surface area contributed by atoms with Gasteiger partial charge in [0, 0.05) is 5.56 Å². The Morgan fingerprint density at radius 3 is 2.31 bits per heavy atom. The van der Waals surface area contributed by atoms with Crippen molar-refractivity contribution in [1.29, 1.82) is 0 Å². The molecular formula is C22H28F3N3O+2. The molecule has 1 fully saturated rings. The van der Waals surface area contributed by atoms with Crippen molar-refractivity contribution < 1.29 is 27.8 Å². The average molecular weight is 407 g/mol. The largest absolute Gasteiger partial charge is 0.416 e. The van der Waals surface area contributed by atoms with E-state index in [1.54, 1.807) is 6.07 Å². The van der Waals surface area contributed by atoms with Gasteiger partial charge in [-0.25, -0.2) is 0 Å². The molecule has 2 aromatic rings. The highest BCUT2D eigenvalue weighted by molar-refractivity contribution is 5.77. The minimum absolute atomic E-state index is 0.0256. The molecular weight excluding hydrogens is 379 g/mol. The molecule has 3 N–H and O–H groups in total. The molecule has 29 heavy (non-hydrogen) atoms. The highest BCUT2D eigenvalue weighted by atomic mass is 19.4. The van der Waals surface area contributed by atoms with Crippen LogP contribution >= 0.6 is 0 Å². The monoisotopic (exact) mass is 407 g/mol. The highest BCUT2D eigenvalue weighted by Gasteiger charge is 2.31. The molecule has 1 aliphatic rings. The van der Waals surface area contributed by atoms with Gasteiger partial charge >= 0.3 is 6.18 Å². The lowest BCUT2D eigenvalue weighted by Gasteiger charge is -2.29. The number of rotatable bonds is 6. The standard InChI is InChI=1S/C22H26F3N3O/c1-17(19-7-3-2-4-8-19)26-21(29)16-28-12-10-27(11-13-28)15-18-6-5-9-20(14-18)22(23,24)25/h2-9,14,17H,10-13,15-16H2,1H3,(H,26,29)/p+2/t17-/m0/s1. The summed E-state index contributed by atoms with van der Waals surface area (Å²) in [5.41, 5.74) is 1.18. The Balaban J connectivity index is 1.44. The first-order valence-electron chi connectivity index (χ1n) is 9.99. The second-order valence-electron chi connectivity index (χ2n) is 7.75. The van der Waals surface area contributed by atoms with E-state index in [-0.39, 0.29) is 11.9 Å². The van der Waals surface area contributed by atoms with Crippen molar-refractivity contribution >= 4 is 5.91 Å². The molecule has 1 saturated heterocycles. The lowest BCUT2D eigenvalue weighted by molar-refractivity contribution is -1.02. The van der Waals surface area contributed by atoms with Gasteiger partial charge in [0.2, 0.25) is 0 Å². The SMILES string of the molecule is C[C@H](NC(=O)C[NH+]1CC[NH+](Cc2cccc(C(F)(F)F)c2)CC1)c1ccccc1. The van der Waals surface area contributed by atoms with Crippen LogP contribution in [0.1, 0.15) is 29.7 Å². The minimum Gasteiger partial charge on any atom is -0.345 e. The van der Waals surface area contributed by atoms with Crippen molar-refractivity contribution in [2.45, 2.75) is 25.7 Å². The fourth-order valence-corrected chi connectivity index (χ4v) is 3.80. The summed E-state index contributed by atoms with van der Waals surface area (Å²) in [6, 6.07) is 15.4. The van der Waals surface area contributed by atoms with Gasteiger partial charge in [-0.3, -0.25) is 4.79 Å². The van der Waals surface area contributed by atoms with Crippen LogP contribution in [-0.4, -0.2) is 38.6 Å². The number of alkyl halides is 3. The first-order chi connectivity index (χ1) is 13.8. The maximum Gasteiger partial charge on any atom is 0.416 e. The number of hydrogen-bond donors (Lipinski definition) is 3. The van der Waals surface area contributed by atoms with Crippen molar-refractivity contribution in [1.82, 2.24) is 5.32 Å². The molecule has 0 aromatic heterocycles. The first kappa shape index (κ1) is 21.3. The van der Waals surface area contributed by atoms with E-state index in [9.17, 15) is 18.0 Å².